The van der Waals surface area contributed by atoms with Gasteiger partial charge in [-0.3, -0.25) is 39.1 Å². The Balaban J connectivity index is 0.000000185. The minimum absolute atomic E-state index is 0.00542. The number of benzene rings is 6. The lowest BCUT2D eigenvalue weighted by Crippen LogP contribution is -2.53. The number of nitrogens with zero attached hydrogens (tertiary/aromatic N) is 5. The molecule has 0 radical (unpaired) electrons. The van der Waals surface area contributed by atoms with E-state index in [4.69, 9.17) is 14.2 Å². The van der Waals surface area contributed by atoms with Gasteiger partial charge >= 0.3 is 0 Å². The Morgan fingerprint density at radius 2 is 0.861 bits per heavy atom. The van der Waals surface area contributed by atoms with Crippen molar-refractivity contribution in [3.63, 3.8) is 0 Å². The Kier molecular flexibility index (Phi) is 31.8. The number of aliphatic hydroxyl groups excluding tert-OH is 1. The highest BCUT2D eigenvalue weighted by Crippen LogP contribution is 2.27. The zero-order chi connectivity index (χ0) is 74.6. The van der Waals surface area contributed by atoms with Crippen molar-refractivity contribution in [2.45, 2.75) is 152 Å². The summed E-state index contributed by atoms with van der Waals surface area (Å²) in [7, 11) is 0. The Labute approximate surface area is 636 Å². The molecule has 4 aromatic heterocycles. The van der Waals surface area contributed by atoms with E-state index in [2.05, 4.69) is 148 Å². The fraction of sp³-hybridized carbons (Fsp3) is 0.378. The van der Waals surface area contributed by atoms with Crippen LogP contribution in [0.5, 0.6) is 11.5 Å². The molecule has 4 amide bonds. The second-order valence-electron chi connectivity index (χ2n) is 28.7. The third kappa shape index (κ3) is 26.9. The summed E-state index contributed by atoms with van der Waals surface area (Å²) in [5.41, 5.74) is 8.86. The molecular weight excluding hydrogens is 1350 g/mol. The standard InChI is InChI=1S/C45H53N5O4.C33H42N4O2.C12H11NO2/c51-39(33-54-43-23-9-22-41-40(43)21-11-27-47-41)32-50-28-24-37(25-29-50)44(52)49-42(30-36-18-10-26-46-31-36)45(53)48-38(19-7-16-34-12-3-1-4-13-34)20-8-17-35-14-5-2-6-15-35;38-32(29-19-22-34-23-20-29)37-31(24-28-16-9-21-35-25-28)33(39)36-30(17-7-14-26-10-3-1-4-11-26)18-8-15-27-12-5-2-6-13-27;1-4-11-10(3-2-6-13-11)12(5-1)15-8-9-7-14-9/h1-6,9-15,18,21-23,26-27,31,37-39,42,51H,7-8,16-17,19-20,24-25,28-30,32-33H2,(H,48,53)(H,49,52);1-6,9-13,16,21,25,29-31,34H,7-8,14-15,17-20,22-24H2,(H,36,39)(H,37,38);1-6,9H,7-8H2/t39-,42+;31-;9-/m101/s1. The number of carbonyl (C=O) groups excluding carboxylic acids is 4. The Bertz CT molecular complexity index is 4170. The molecule has 6 N–H and O–H groups in total. The summed E-state index contributed by atoms with van der Waals surface area (Å²) in [4.78, 5) is 73.9. The number of aliphatic hydroxyl groups is 1. The number of hydrogen-bond acceptors (Lipinski definition) is 14. The zero-order valence-corrected chi connectivity index (χ0v) is 62.1. The number of piperidine rings is 2. The van der Waals surface area contributed by atoms with E-state index in [9.17, 15) is 24.3 Å². The number of fused-ring (bicyclic) bond motifs is 2. The van der Waals surface area contributed by atoms with Crippen molar-refractivity contribution >= 4 is 45.4 Å². The second kappa shape index (κ2) is 43.5. The van der Waals surface area contributed by atoms with E-state index >= 15 is 0 Å². The van der Waals surface area contributed by atoms with Gasteiger partial charge in [-0.1, -0.05) is 146 Å². The summed E-state index contributed by atoms with van der Waals surface area (Å²) >= 11 is 0. The smallest absolute Gasteiger partial charge is 0.243 e. The average Bonchev–Trinajstić information content (AvgIpc) is 1.75. The van der Waals surface area contributed by atoms with Crippen molar-refractivity contribution in [2.75, 3.05) is 52.5 Å². The molecule has 4 atom stereocenters. The average molecular weight is 1460 g/mol. The van der Waals surface area contributed by atoms with Crippen LogP contribution in [0.2, 0.25) is 0 Å². The van der Waals surface area contributed by atoms with Crippen molar-refractivity contribution < 1.29 is 38.5 Å². The normalized spacial score (nSPS) is 15.3. The predicted octanol–water partition coefficient (Wildman–Crippen LogP) is 13.0. The Hall–Kier alpha value is -10.2. The predicted molar refractivity (Wildman–Crippen MR) is 426 cm³/mol. The van der Waals surface area contributed by atoms with Crippen LogP contribution in [0.3, 0.4) is 0 Å². The molecule has 3 saturated heterocycles. The number of epoxide rings is 1. The highest BCUT2D eigenvalue weighted by Gasteiger charge is 2.32. The summed E-state index contributed by atoms with van der Waals surface area (Å²) in [6, 6.07) is 67.6. The number of aryl methyl sites for hydroxylation is 4. The third-order valence-corrected chi connectivity index (χ3v) is 20.3. The monoisotopic (exact) mass is 1450 g/mol. The van der Waals surface area contributed by atoms with Gasteiger partial charge in [0.25, 0.3) is 0 Å². The molecule has 0 bridgehead atoms. The molecular formula is C90H106N10O8. The first-order chi connectivity index (χ1) is 53.1. The van der Waals surface area contributed by atoms with Crippen molar-refractivity contribution in [1.29, 1.82) is 0 Å². The van der Waals surface area contributed by atoms with Gasteiger partial charge < -0.3 is 50.8 Å². The summed E-state index contributed by atoms with van der Waals surface area (Å²) in [6.07, 6.45) is 25.1. The molecule has 10 aromatic rings. The molecule has 18 heteroatoms. The van der Waals surface area contributed by atoms with Crippen molar-refractivity contribution in [3.05, 3.63) is 277 Å². The number of amides is 4. The van der Waals surface area contributed by atoms with E-state index in [0.717, 1.165) is 148 Å². The van der Waals surface area contributed by atoms with Crippen LogP contribution in [0.15, 0.2) is 243 Å². The lowest BCUT2D eigenvalue weighted by atomic mass is 9.94. The molecule has 0 spiro atoms. The van der Waals surface area contributed by atoms with Crippen LogP contribution in [-0.2, 0) is 62.4 Å². The fourth-order valence-corrected chi connectivity index (χ4v) is 14.2. The van der Waals surface area contributed by atoms with Crippen LogP contribution < -0.4 is 36.1 Å². The summed E-state index contributed by atoms with van der Waals surface area (Å²) in [5, 5.41) is 29.0. The fourth-order valence-electron chi connectivity index (χ4n) is 14.2. The summed E-state index contributed by atoms with van der Waals surface area (Å²) < 4.78 is 16.8. The summed E-state index contributed by atoms with van der Waals surface area (Å²) in [5.74, 6) is 0.936. The first-order valence-corrected chi connectivity index (χ1v) is 38.9. The summed E-state index contributed by atoms with van der Waals surface area (Å²) in [6.45, 7) is 5.11. The number of pyridine rings is 4. The number of aromatic nitrogens is 4. The zero-order valence-electron chi connectivity index (χ0n) is 62.1. The molecule has 3 aliphatic rings. The van der Waals surface area contributed by atoms with Gasteiger partial charge in [-0.2, -0.15) is 0 Å². The lowest BCUT2D eigenvalue weighted by Gasteiger charge is -2.33. The van der Waals surface area contributed by atoms with E-state index < -0.39 is 18.2 Å². The van der Waals surface area contributed by atoms with E-state index in [1.165, 1.54) is 22.3 Å². The maximum Gasteiger partial charge on any atom is 0.243 e. The van der Waals surface area contributed by atoms with Crippen LogP contribution >= 0.6 is 0 Å². The third-order valence-electron chi connectivity index (χ3n) is 20.3. The molecule has 564 valence electrons. The molecule has 108 heavy (non-hydrogen) atoms. The van der Waals surface area contributed by atoms with Crippen LogP contribution in [0.25, 0.3) is 21.8 Å². The van der Waals surface area contributed by atoms with Gasteiger partial charge in [-0.05, 0) is 223 Å². The second-order valence-corrected chi connectivity index (χ2v) is 28.7. The largest absolute Gasteiger partial charge is 0.490 e. The first-order valence-electron chi connectivity index (χ1n) is 38.9. The highest BCUT2D eigenvalue weighted by molar-refractivity contribution is 5.90. The Morgan fingerprint density at radius 1 is 0.463 bits per heavy atom. The maximum absolute atomic E-state index is 14.1. The number of β-amino-alcohol motifs (C(OH)–C–C–N with tert-alkyl or cyclic N) is 1. The van der Waals surface area contributed by atoms with Crippen molar-refractivity contribution in [3.8, 4) is 11.5 Å². The first kappa shape index (κ1) is 78.8. The van der Waals surface area contributed by atoms with Crippen LogP contribution in [-0.4, -0.2) is 142 Å². The van der Waals surface area contributed by atoms with E-state index in [1.54, 1.807) is 37.2 Å². The van der Waals surface area contributed by atoms with Gasteiger partial charge in [-0.15, -0.1) is 0 Å². The van der Waals surface area contributed by atoms with Gasteiger partial charge in [0.2, 0.25) is 23.6 Å². The number of carbonyl (C=O) groups is 4. The van der Waals surface area contributed by atoms with Gasteiger partial charge in [0.1, 0.15) is 49.0 Å². The van der Waals surface area contributed by atoms with Crippen molar-refractivity contribution in [2.24, 2.45) is 11.8 Å². The van der Waals surface area contributed by atoms with Crippen LogP contribution in [0, 0.1) is 11.8 Å². The van der Waals surface area contributed by atoms with Gasteiger partial charge in [0.15, 0.2) is 0 Å². The maximum atomic E-state index is 14.1. The minimum Gasteiger partial charge on any atom is -0.490 e. The molecule has 3 aliphatic heterocycles. The van der Waals surface area contributed by atoms with Crippen LogP contribution in [0.4, 0.5) is 0 Å². The minimum atomic E-state index is -0.714. The molecule has 0 saturated carbocycles. The number of ether oxygens (including phenoxy) is 3. The van der Waals surface area contributed by atoms with Crippen molar-refractivity contribution in [1.82, 2.24) is 51.4 Å². The van der Waals surface area contributed by atoms with E-state index in [1.807, 2.05) is 109 Å². The topological polar surface area (TPSA) is 234 Å². The molecule has 18 nitrogen and oxygen atoms in total. The number of hydrogen-bond donors (Lipinski definition) is 6. The number of nitrogens with one attached hydrogen (secondary N) is 5. The number of rotatable bonds is 36. The highest BCUT2D eigenvalue weighted by atomic mass is 16.6. The van der Waals surface area contributed by atoms with E-state index in [-0.39, 0.29) is 60.3 Å². The van der Waals surface area contributed by atoms with Gasteiger partial charge in [-0.25, -0.2) is 0 Å². The molecule has 7 heterocycles. The molecule has 3 fully saturated rings. The van der Waals surface area contributed by atoms with E-state index in [0.29, 0.717) is 57.7 Å². The molecule has 0 unspecified atom stereocenters. The molecule has 13 rings (SSSR count). The number of likely N-dealkylation sites (tertiary alicyclic amines) is 1. The molecule has 6 aromatic carbocycles. The SMILES string of the molecule is O=C(N[C@@H](Cc1cccnc1)C(=O)NC(CCCc1ccccc1)CCCc1ccccc1)C1CCN(C[C@@H](O)COc2cccc3ncccc23)CC1.O=C(N[C@@H](Cc1cccnc1)C(=O)NC(CCCc1ccccc1)CCCc1ccccc1)C1CCNCC1.c1cc(OC[C@H]2CO2)c2cccnc2c1. The molecule has 0 aliphatic carbocycles. The van der Waals surface area contributed by atoms with Gasteiger partial charge in [0.05, 0.1) is 17.6 Å². The quantitative estimate of drug-likeness (QED) is 0.0201. The van der Waals surface area contributed by atoms with Gasteiger partial charge in [0, 0.05) is 91.3 Å². The lowest BCUT2D eigenvalue weighted by molar-refractivity contribution is -0.132. The van der Waals surface area contributed by atoms with Crippen LogP contribution in [0.1, 0.15) is 110 Å². The Morgan fingerprint density at radius 3 is 1.27 bits per heavy atom.